The molecular weight excluding hydrogens is 414 g/mol. The van der Waals surface area contributed by atoms with Gasteiger partial charge in [0.25, 0.3) is 11.8 Å². The summed E-state index contributed by atoms with van der Waals surface area (Å²) in [5.41, 5.74) is 4.99. The number of benzene rings is 2. The number of fused-ring (bicyclic) bond motifs is 1. The smallest absolute Gasteiger partial charge is 0.277 e. The number of carbonyl (C=O) groups excluding carboxylic acids is 2. The van der Waals surface area contributed by atoms with E-state index in [1.54, 1.807) is 0 Å². The van der Waals surface area contributed by atoms with Crippen molar-refractivity contribution in [2.24, 2.45) is 5.92 Å². The van der Waals surface area contributed by atoms with Gasteiger partial charge < -0.3 is 15.0 Å². The van der Waals surface area contributed by atoms with E-state index in [9.17, 15) is 14.7 Å². The van der Waals surface area contributed by atoms with Crippen LogP contribution in [-0.4, -0.2) is 57.9 Å². The van der Waals surface area contributed by atoms with Crippen LogP contribution < -0.4 is 0 Å². The van der Waals surface area contributed by atoms with Gasteiger partial charge in [0.05, 0.1) is 5.57 Å². The number of imide groups is 1. The van der Waals surface area contributed by atoms with Gasteiger partial charge in [0, 0.05) is 43.3 Å². The Balaban J connectivity index is 1.46. The minimum absolute atomic E-state index is 0.0933. The Hall–Kier alpha value is -3.38. The van der Waals surface area contributed by atoms with Gasteiger partial charge >= 0.3 is 0 Å². The monoisotopic (exact) mass is 443 g/mol. The number of aliphatic hydroxyl groups is 1. The molecule has 3 heterocycles. The molecule has 170 valence electrons. The molecule has 1 saturated heterocycles. The maximum atomic E-state index is 13.6. The quantitative estimate of drug-likeness (QED) is 0.572. The first kappa shape index (κ1) is 21.5. The van der Waals surface area contributed by atoms with E-state index in [1.165, 1.54) is 4.90 Å². The molecule has 2 amide bonds. The van der Waals surface area contributed by atoms with Gasteiger partial charge in [0.2, 0.25) is 0 Å². The highest BCUT2D eigenvalue weighted by atomic mass is 16.3. The van der Waals surface area contributed by atoms with Crippen LogP contribution in [0, 0.1) is 12.8 Å². The summed E-state index contributed by atoms with van der Waals surface area (Å²) in [6.45, 7) is 3.74. The molecule has 0 saturated carbocycles. The highest BCUT2D eigenvalue weighted by Gasteiger charge is 2.42. The molecule has 2 aliphatic heterocycles. The summed E-state index contributed by atoms with van der Waals surface area (Å²) in [6, 6.07) is 15.8. The highest BCUT2D eigenvalue weighted by molar-refractivity contribution is 6.35. The van der Waals surface area contributed by atoms with E-state index in [0.717, 1.165) is 47.0 Å². The molecule has 2 aromatic carbocycles. The first-order valence-electron chi connectivity index (χ1n) is 11.6. The normalized spacial score (nSPS) is 19.3. The predicted molar refractivity (Wildman–Crippen MR) is 128 cm³/mol. The molecule has 1 atom stereocenters. The van der Waals surface area contributed by atoms with Crippen LogP contribution in [0.1, 0.15) is 29.5 Å². The predicted octanol–water partition coefficient (Wildman–Crippen LogP) is 3.50. The van der Waals surface area contributed by atoms with Gasteiger partial charge in [0.1, 0.15) is 5.70 Å². The number of aliphatic hydroxyl groups excluding tert-OH is 1. The fourth-order valence-electron chi connectivity index (χ4n) is 5.03. The lowest BCUT2D eigenvalue weighted by Gasteiger charge is -2.34. The maximum absolute atomic E-state index is 13.6. The van der Waals surface area contributed by atoms with E-state index in [-0.39, 0.29) is 24.3 Å². The number of nitrogens with one attached hydrogen (secondary N) is 1. The Labute approximate surface area is 193 Å². The van der Waals surface area contributed by atoms with E-state index in [0.29, 0.717) is 30.8 Å². The fourth-order valence-corrected chi connectivity index (χ4v) is 5.03. The lowest BCUT2D eigenvalue weighted by atomic mass is 9.96. The Bertz CT molecular complexity index is 1220. The average Bonchev–Trinajstić information content (AvgIpc) is 3.36. The molecule has 5 rings (SSSR count). The minimum Gasteiger partial charge on any atom is -0.396 e. The highest BCUT2D eigenvalue weighted by Crippen LogP contribution is 2.34. The summed E-state index contributed by atoms with van der Waals surface area (Å²) in [5, 5.41) is 10.8. The number of nitrogens with zero attached hydrogens (tertiary/aromatic N) is 2. The SMILES string of the molecule is Cc1ccc(C2=C(N3CCCC(CO)C3)C(=O)N(CCc3c[nH]c4ccccc34)C2=O)cc1. The zero-order valence-electron chi connectivity index (χ0n) is 18.9. The van der Waals surface area contributed by atoms with Gasteiger partial charge in [-0.1, -0.05) is 48.0 Å². The first-order chi connectivity index (χ1) is 16.1. The van der Waals surface area contributed by atoms with Crippen LogP contribution in [0.3, 0.4) is 0 Å². The molecule has 2 N–H and O–H groups in total. The molecule has 1 aromatic heterocycles. The van der Waals surface area contributed by atoms with Gasteiger partial charge in [-0.05, 0) is 49.3 Å². The molecule has 1 fully saturated rings. The van der Waals surface area contributed by atoms with Crippen LogP contribution in [0.5, 0.6) is 0 Å². The third-order valence-corrected chi connectivity index (χ3v) is 6.86. The van der Waals surface area contributed by atoms with Crippen molar-refractivity contribution in [2.45, 2.75) is 26.2 Å². The number of carbonyl (C=O) groups is 2. The largest absolute Gasteiger partial charge is 0.396 e. The lowest BCUT2D eigenvalue weighted by molar-refractivity contribution is -0.137. The van der Waals surface area contributed by atoms with Gasteiger partial charge in [-0.25, -0.2) is 0 Å². The number of piperidine rings is 1. The number of H-pyrrole nitrogens is 1. The number of hydrogen-bond acceptors (Lipinski definition) is 4. The van der Waals surface area contributed by atoms with Gasteiger partial charge in [0.15, 0.2) is 0 Å². The number of aromatic amines is 1. The first-order valence-corrected chi connectivity index (χ1v) is 11.6. The third-order valence-electron chi connectivity index (χ3n) is 6.86. The van der Waals surface area contributed by atoms with E-state index < -0.39 is 0 Å². The number of aryl methyl sites for hydroxylation is 1. The Morgan fingerprint density at radius 3 is 2.64 bits per heavy atom. The number of rotatable bonds is 6. The average molecular weight is 444 g/mol. The summed E-state index contributed by atoms with van der Waals surface area (Å²) in [4.78, 5) is 33.9. The van der Waals surface area contributed by atoms with Crippen molar-refractivity contribution in [2.75, 3.05) is 26.2 Å². The van der Waals surface area contributed by atoms with Crippen LogP contribution in [0.25, 0.3) is 16.5 Å². The summed E-state index contributed by atoms with van der Waals surface area (Å²) < 4.78 is 0. The van der Waals surface area contributed by atoms with E-state index >= 15 is 0 Å². The molecule has 0 aliphatic carbocycles. The molecule has 3 aromatic rings. The minimum atomic E-state index is -0.232. The summed E-state index contributed by atoms with van der Waals surface area (Å²) >= 11 is 0. The standard InChI is InChI=1S/C27H29N3O3/c1-18-8-10-20(11-9-18)24-25(29-13-4-5-19(16-29)17-31)27(33)30(26(24)32)14-12-21-15-28-23-7-3-2-6-22(21)23/h2-3,6-11,15,19,28,31H,4-5,12-14,16-17H2,1H3. The maximum Gasteiger partial charge on any atom is 0.277 e. The molecule has 0 radical (unpaired) electrons. The van der Waals surface area contributed by atoms with Crippen molar-refractivity contribution in [3.8, 4) is 0 Å². The van der Waals surface area contributed by atoms with Crippen molar-refractivity contribution >= 4 is 28.3 Å². The molecule has 33 heavy (non-hydrogen) atoms. The molecule has 6 heteroatoms. The van der Waals surface area contributed by atoms with Crippen molar-refractivity contribution < 1.29 is 14.7 Å². The number of para-hydroxylation sites is 1. The number of likely N-dealkylation sites (tertiary alicyclic amines) is 1. The van der Waals surface area contributed by atoms with E-state index in [2.05, 4.69) is 11.1 Å². The van der Waals surface area contributed by atoms with Crippen LogP contribution in [0.4, 0.5) is 0 Å². The van der Waals surface area contributed by atoms with Gasteiger partial charge in [-0.3, -0.25) is 14.5 Å². The third kappa shape index (κ3) is 3.95. The molecule has 2 aliphatic rings. The van der Waals surface area contributed by atoms with Crippen molar-refractivity contribution in [1.82, 2.24) is 14.8 Å². The summed E-state index contributed by atoms with van der Waals surface area (Å²) in [7, 11) is 0. The second kappa shape index (κ2) is 8.87. The summed E-state index contributed by atoms with van der Waals surface area (Å²) in [6.07, 6.45) is 4.38. The van der Waals surface area contributed by atoms with Crippen LogP contribution in [0.2, 0.25) is 0 Å². The topological polar surface area (TPSA) is 76.6 Å². The zero-order chi connectivity index (χ0) is 22.9. The Morgan fingerprint density at radius 2 is 1.85 bits per heavy atom. The van der Waals surface area contributed by atoms with Crippen LogP contribution in [0.15, 0.2) is 60.4 Å². The number of aromatic nitrogens is 1. The van der Waals surface area contributed by atoms with Gasteiger partial charge in [-0.15, -0.1) is 0 Å². The lowest BCUT2D eigenvalue weighted by Crippen LogP contribution is -2.41. The second-order valence-corrected chi connectivity index (χ2v) is 9.10. The van der Waals surface area contributed by atoms with Crippen molar-refractivity contribution in [3.63, 3.8) is 0 Å². The van der Waals surface area contributed by atoms with Crippen LogP contribution >= 0.6 is 0 Å². The molecule has 0 bridgehead atoms. The second-order valence-electron chi connectivity index (χ2n) is 9.10. The fraction of sp³-hybridized carbons (Fsp3) is 0.333. The zero-order valence-corrected chi connectivity index (χ0v) is 18.9. The van der Waals surface area contributed by atoms with Crippen LogP contribution in [-0.2, 0) is 16.0 Å². The molecular formula is C27H29N3O3. The molecule has 1 unspecified atom stereocenters. The summed E-state index contributed by atoms with van der Waals surface area (Å²) in [5.74, 6) is -0.340. The molecule has 0 spiro atoms. The van der Waals surface area contributed by atoms with E-state index in [4.69, 9.17) is 0 Å². The Morgan fingerprint density at radius 1 is 1.06 bits per heavy atom. The number of hydrogen-bond donors (Lipinski definition) is 2. The van der Waals surface area contributed by atoms with Gasteiger partial charge in [-0.2, -0.15) is 0 Å². The number of amides is 2. The van der Waals surface area contributed by atoms with E-state index in [1.807, 2.05) is 60.5 Å². The molecule has 6 nitrogen and oxygen atoms in total. The van der Waals surface area contributed by atoms with Crippen molar-refractivity contribution in [3.05, 3.63) is 77.1 Å². The Kier molecular flexibility index (Phi) is 5.77. The van der Waals surface area contributed by atoms with Crippen molar-refractivity contribution in [1.29, 1.82) is 0 Å².